The summed E-state index contributed by atoms with van der Waals surface area (Å²) in [6.45, 7) is 6.71. The van der Waals surface area contributed by atoms with Gasteiger partial charge in [0, 0.05) is 32.7 Å². The third-order valence-corrected chi connectivity index (χ3v) is 4.15. The summed E-state index contributed by atoms with van der Waals surface area (Å²) < 4.78 is 5.31. The number of nitrogens with one attached hydrogen (secondary N) is 2. The van der Waals surface area contributed by atoms with Crippen molar-refractivity contribution in [2.24, 2.45) is 0 Å². The minimum absolute atomic E-state index is 0.105. The average Bonchev–Trinajstić information content (AvgIpc) is 2.54. The van der Waals surface area contributed by atoms with Gasteiger partial charge in [-0.15, -0.1) is 0 Å². The van der Waals surface area contributed by atoms with E-state index in [0.717, 1.165) is 52.4 Å². The van der Waals surface area contributed by atoms with E-state index in [1.807, 2.05) is 0 Å². The summed E-state index contributed by atoms with van der Waals surface area (Å²) in [6.07, 6.45) is 8.42. The van der Waals surface area contributed by atoms with Gasteiger partial charge in [-0.2, -0.15) is 0 Å². The zero-order valence-corrected chi connectivity index (χ0v) is 13.0. The number of ether oxygens (including phenoxy) is 1. The molecule has 2 rings (SSSR count). The van der Waals surface area contributed by atoms with Crippen molar-refractivity contribution in [3.63, 3.8) is 0 Å². The standard InChI is InChI=1S/C16H29N3O2/c20-16(18-7-6-15-4-2-1-3-5-15)14-17-8-9-19-10-12-21-13-11-19/h4,17H,1-3,5-14H2,(H,18,20). The molecule has 0 radical (unpaired) electrons. The minimum Gasteiger partial charge on any atom is -0.379 e. The molecule has 0 saturated carbocycles. The first-order valence-electron chi connectivity index (χ1n) is 8.30. The zero-order chi connectivity index (χ0) is 14.8. The molecule has 1 heterocycles. The molecule has 0 aromatic rings. The van der Waals surface area contributed by atoms with E-state index in [0.29, 0.717) is 6.54 Å². The Morgan fingerprint density at radius 3 is 2.86 bits per heavy atom. The number of carbonyl (C=O) groups is 1. The Morgan fingerprint density at radius 1 is 1.24 bits per heavy atom. The van der Waals surface area contributed by atoms with Crippen LogP contribution in [0.15, 0.2) is 11.6 Å². The van der Waals surface area contributed by atoms with Gasteiger partial charge in [-0.1, -0.05) is 11.6 Å². The van der Waals surface area contributed by atoms with Crippen LogP contribution in [0.5, 0.6) is 0 Å². The Hall–Kier alpha value is -0.910. The van der Waals surface area contributed by atoms with Gasteiger partial charge in [0.25, 0.3) is 0 Å². The average molecular weight is 295 g/mol. The van der Waals surface area contributed by atoms with Gasteiger partial charge < -0.3 is 15.4 Å². The summed E-state index contributed by atoms with van der Waals surface area (Å²) in [5.41, 5.74) is 1.52. The van der Waals surface area contributed by atoms with Crippen LogP contribution in [0.25, 0.3) is 0 Å². The molecule has 120 valence electrons. The lowest BCUT2D eigenvalue weighted by atomic mass is 9.97. The maximum Gasteiger partial charge on any atom is 0.233 e. The van der Waals surface area contributed by atoms with Crippen LogP contribution < -0.4 is 10.6 Å². The number of hydrogen-bond donors (Lipinski definition) is 2. The van der Waals surface area contributed by atoms with Crippen molar-refractivity contribution in [3.05, 3.63) is 11.6 Å². The van der Waals surface area contributed by atoms with Gasteiger partial charge in [0.2, 0.25) is 5.91 Å². The van der Waals surface area contributed by atoms with Crippen LogP contribution in [0.1, 0.15) is 32.1 Å². The van der Waals surface area contributed by atoms with Crippen LogP contribution in [0.2, 0.25) is 0 Å². The highest BCUT2D eigenvalue weighted by atomic mass is 16.5. The summed E-state index contributed by atoms with van der Waals surface area (Å²) >= 11 is 0. The van der Waals surface area contributed by atoms with Crippen LogP contribution in [0, 0.1) is 0 Å². The van der Waals surface area contributed by atoms with Crippen molar-refractivity contribution in [2.75, 3.05) is 52.5 Å². The second-order valence-corrected chi connectivity index (χ2v) is 5.84. The third kappa shape index (κ3) is 7.07. The van der Waals surface area contributed by atoms with Gasteiger partial charge in [-0.05, 0) is 32.1 Å². The lowest BCUT2D eigenvalue weighted by Crippen LogP contribution is -2.42. The first kappa shape index (κ1) is 16.5. The van der Waals surface area contributed by atoms with Crippen molar-refractivity contribution < 1.29 is 9.53 Å². The fourth-order valence-electron chi connectivity index (χ4n) is 2.82. The van der Waals surface area contributed by atoms with Gasteiger partial charge >= 0.3 is 0 Å². The molecule has 0 atom stereocenters. The van der Waals surface area contributed by atoms with E-state index < -0.39 is 0 Å². The van der Waals surface area contributed by atoms with Crippen LogP contribution in [0.3, 0.4) is 0 Å². The molecule has 0 aromatic heterocycles. The molecule has 1 amide bonds. The van der Waals surface area contributed by atoms with Gasteiger partial charge in [0.1, 0.15) is 0 Å². The Balaban J connectivity index is 1.44. The first-order valence-corrected chi connectivity index (χ1v) is 8.30. The third-order valence-electron chi connectivity index (χ3n) is 4.15. The van der Waals surface area contributed by atoms with Crippen molar-refractivity contribution in [3.8, 4) is 0 Å². The number of carbonyl (C=O) groups excluding carboxylic acids is 1. The predicted molar refractivity (Wildman–Crippen MR) is 84.3 cm³/mol. The van der Waals surface area contributed by atoms with Crippen molar-refractivity contribution in [2.45, 2.75) is 32.1 Å². The molecule has 2 N–H and O–H groups in total. The molecule has 0 unspecified atom stereocenters. The molecule has 0 bridgehead atoms. The molecule has 5 heteroatoms. The van der Waals surface area contributed by atoms with E-state index in [2.05, 4.69) is 21.6 Å². The molecule has 0 aromatic carbocycles. The Morgan fingerprint density at radius 2 is 2.10 bits per heavy atom. The highest BCUT2D eigenvalue weighted by molar-refractivity contribution is 5.77. The van der Waals surface area contributed by atoms with E-state index in [-0.39, 0.29) is 5.91 Å². The Bertz CT molecular complexity index is 338. The monoisotopic (exact) mass is 295 g/mol. The smallest absolute Gasteiger partial charge is 0.233 e. The predicted octanol–water partition coefficient (Wildman–Crippen LogP) is 0.915. The molecule has 1 fully saturated rings. The first-order chi connectivity index (χ1) is 10.3. The summed E-state index contributed by atoms with van der Waals surface area (Å²) in [6, 6.07) is 0. The maximum atomic E-state index is 11.7. The van der Waals surface area contributed by atoms with Gasteiger partial charge in [0.15, 0.2) is 0 Å². The maximum absolute atomic E-state index is 11.7. The Labute approximate surface area is 128 Å². The molecule has 1 aliphatic heterocycles. The topological polar surface area (TPSA) is 53.6 Å². The quantitative estimate of drug-likeness (QED) is 0.516. The minimum atomic E-state index is 0.105. The van der Waals surface area contributed by atoms with Crippen LogP contribution in [-0.4, -0.2) is 63.3 Å². The fraction of sp³-hybridized carbons (Fsp3) is 0.812. The van der Waals surface area contributed by atoms with Crippen LogP contribution in [0.4, 0.5) is 0 Å². The van der Waals surface area contributed by atoms with Crippen LogP contribution >= 0.6 is 0 Å². The second-order valence-electron chi connectivity index (χ2n) is 5.84. The lowest BCUT2D eigenvalue weighted by Gasteiger charge is -2.26. The molecule has 1 aliphatic carbocycles. The summed E-state index contributed by atoms with van der Waals surface area (Å²) in [5.74, 6) is 0.105. The summed E-state index contributed by atoms with van der Waals surface area (Å²) in [5, 5.41) is 6.20. The molecule has 2 aliphatic rings. The number of allylic oxidation sites excluding steroid dienone is 1. The van der Waals surface area contributed by atoms with E-state index in [9.17, 15) is 4.79 Å². The Kier molecular flexibility index (Phi) is 7.78. The van der Waals surface area contributed by atoms with E-state index in [4.69, 9.17) is 4.74 Å². The summed E-state index contributed by atoms with van der Waals surface area (Å²) in [7, 11) is 0. The molecular weight excluding hydrogens is 266 g/mol. The number of nitrogens with zero attached hydrogens (tertiary/aromatic N) is 1. The van der Waals surface area contributed by atoms with E-state index in [1.54, 1.807) is 0 Å². The number of amides is 1. The molecule has 5 nitrogen and oxygen atoms in total. The largest absolute Gasteiger partial charge is 0.379 e. The van der Waals surface area contributed by atoms with E-state index >= 15 is 0 Å². The molecule has 21 heavy (non-hydrogen) atoms. The van der Waals surface area contributed by atoms with Crippen molar-refractivity contribution >= 4 is 5.91 Å². The molecular formula is C16H29N3O2. The van der Waals surface area contributed by atoms with E-state index in [1.165, 1.54) is 31.3 Å². The summed E-state index contributed by atoms with van der Waals surface area (Å²) in [4.78, 5) is 14.1. The van der Waals surface area contributed by atoms with Crippen LogP contribution in [-0.2, 0) is 9.53 Å². The second kappa shape index (κ2) is 9.92. The highest BCUT2D eigenvalue weighted by Crippen LogP contribution is 2.19. The molecule has 0 spiro atoms. The van der Waals surface area contributed by atoms with Gasteiger partial charge in [-0.25, -0.2) is 0 Å². The SMILES string of the molecule is O=C(CNCCN1CCOCC1)NCCC1=CCCCC1. The zero-order valence-electron chi connectivity index (χ0n) is 13.0. The van der Waals surface area contributed by atoms with Crippen molar-refractivity contribution in [1.82, 2.24) is 15.5 Å². The number of hydrogen-bond acceptors (Lipinski definition) is 4. The number of rotatable bonds is 8. The van der Waals surface area contributed by atoms with Crippen molar-refractivity contribution in [1.29, 1.82) is 0 Å². The normalized spacial score (nSPS) is 20.1. The molecule has 1 saturated heterocycles. The fourth-order valence-corrected chi connectivity index (χ4v) is 2.82. The highest BCUT2D eigenvalue weighted by Gasteiger charge is 2.09. The number of morpholine rings is 1. The van der Waals surface area contributed by atoms with Gasteiger partial charge in [-0.3, -0.25) is 9.69 Å². The van der Waals surface area contributed by atoms with Gasteiger partial charge in [0.05, 0.1) is 19.8 Å². The lowest BCUT2D eigenvalue weighted by molar-refractivity contribution is -0.120.